The Kier molecular flexibility index (Phi) is 5.43. The van der Waals surface area contributed by atoms with Crippen LogP contribution < -0.4 is 4.74 Å². The van der Waals surface area contributed by atoms with Gasteiger partial charge in [-0.15, -0.1) is 0 Å². The summed E-state index contributed by atoms with van der Waals surface area (Å²) in [4.78, 5) is 8.66. The second kappa shape index (κ2) is 8.49. The van der Waals surface area contributed by atoms with Crippen LogP contribution in [0, 0.1) is 6.92 Å². The van der Waals surface area contributed by atoms with Gasteiger partial charge in [0.1, 0.15) is 5.75 Å². The molecule has 0 radical (unpaired) electrons. The molecule has 2 aromatic carbocycles. The second-order valence-electron chi connectivity index (χ2n) is 6.80. The summed E-state index contributed by atoms with van der Waals surface area (Å²) in [7, 11) is 0. The van der Waals surface area contributed by atoms with E-state index in [2.05, 4.69) is 47.2 Å². The van der Waals surface area contributed by atoms with E-state index in [4.69, 9.17) is 4.74 Å². The number of pyridine rings is 2. The largest absolute Gasteiger partial charge is 0.439 e. The summed E-state index contributed by atoms with van der Waals surface area (Å²) in [6, 6.07) is 24.5. The van der Waals surface area contributed by atoms with Gasteiger partial charge in [-0.3, -0.25) is 4.98 Å². The Morgan fingerprint density at radius 2 is 1.57 bits per heavy atom. The van der Waals surface area contributed by atoms with Crippen molar-refractivity contribution in [2.24, 2.45) is 0 Å². The van der Waals surface area contributed by atoms with Crippen LogP contribution >= 0.6 is 0 Å². The van der Waals surface area contributed by atoms with Gasteiger partial charge in [-0.2, -0.15) is 0 Å². The molecular weight excluding hydrogens is 344 g/mol. The lowest BCUT2D eigenvalue weighted by Gasteiger charge is -2.10. The van der Waals surface area contributed by atoms with Crippen LogP contribution in [0.1, 0.15) is 16.7 Å². The highest BCUT2D eigenvalue weighted by molar-refractivity contribution is 5.64. The molecule has 0 N–H and O–H groups in total. The van der Waals surface area contributed by atoms with Crippen molar-refractivity contribution in [2.45, 2.75) is 19.8 Å². The lowest BCUT2D eigenvalue weighted by atomic mass is 10.0. The molecule has 0 saturated heterocycles. The van der Waals surface area contributed by atoms with E-state index in [-0.39, 0.29) is 0 Å². The smallest absolute Gasteiger partial charge is 0.219 e. The summed E-state index contributed by atoms with van der Waals surface area (Å²) in [5.74, 6) is 1.41. The minimum atomic E-state index is 0.620. The van der Waals surface area contributed by atoms with Crippen molar-refractivity contribution in [1.82, 2.24) is 9.97 Å². The van der Waals surface area contributed by atoms with Crippen LogP contribution in [0.15, 0.2) is 91.4 Å². The Labute approximate surface area is 165 Å². The predicted molar refractivity (Wildman–Crippen MR) is 113 cm³/mol. The van der Waals surface area contributed by atoms with Gasteiger partial charge >= 0.3 is 0 Å². The van der Waals surface area contributed by atoms with Crippen molar-refractivity contribution >= 4 is 0 Å². The monoisotopic (exact) mass is 366 g/mol. The molecule has 0 aliphatic rings. The molecule has 4 rings (SSSR count). The standard InChI is InChI=1S/C25H22N2O/c1-19-16-25(27-18-23(19)10-9-20-6-5-15-26-17-20)28-24-13-11-22(12-14-24)21-7-3-2-4-8-21/h2-8,11-18H,9-10H2,1H3. The molecule has 0 saturated carbocycles. The number of hydrogen-bond acceptors (Lipinski definition) is 3. The number of aryl methyl sites for hydroxylation is 3. The Morgan fingerprint density at radius 1 is 0.786 bits per heavy atom. The summed E-state index contributed by atoms with van der Waals surface area (Å²) in [5, 5.41) is 0. The minimum absolute atomic E-state index is 0.620. The van der Waals surface area contributed by atoms with Gasteiger partial charge in [0.25, 0.3) is 0 Å². The summed E-state index contributed by atoms with van der Waals surface area (Å²) in [6.45, 7) is 2.10. The lowest BCUT2D eigenvalue weighted by Crippen LogP contribution is -1.97. The maximum Gasteiger partial charge on any atom is 0.219 e. The Bertz CT molecular complexity index is 1030. The molecule has 0 fully saturated rings. The maximum absolute atomic E-state index is 5.95. The normalized spacial score (nSPS) is 10.6. The molecule has 28 heavy (non-hydrogen) atoms. The van der Waals surface area contributed by atoms with Crippen molar-refractivity contribution in [3.8, 4) is 22.8 Å². The molecule has 0 aliphatic carbocycles. The number of nitrogens with zero attached hydrogens (tertiary/aromatic N) is 2. The van der Waals surface area contributed by atoms with E-state index in [9.17, 15) is 0 Å². The third-order valence-corrected chi connectivity index (χ3v) is 4.78. The van der Waals surface area contributed by atoms with Crippen LogP contribution in [0.5, 0.6) is 11.6 Å². The Balaban J connectivity index is 1.41. The molecule has 2 aromatic heterocycles. The van der Waals surface area contributed by atoms with Crippen LogP contribution in [0.3, 0.4) is 0 Å². The quantitative estimate of drug-likeness (QED) is 0.418. The van der Waals surface area contributed by atoms with E-state index in [0.717, 1.165) is 18.6 Å². The fourth-order valence-corrected chi connectivity index (χ4v) is 3.17. The summed E-state index contributed by atoms with van der Waals surface area (Å²) < 4.78 is 5.95. The molecule has 0 spiro atoms. The van der Waals surface area contributed by atoms with E-state index in [1.165, 1.54) is 27.8 Å². The van der Waals surface area contributed by atoms with Crippen LogP contribution in [-0.2, 0) is 12.8 Å². The zero-order valence-corrected chi connectivity index (χ0v) is 15.9. The van der Waals surface area contributed by atoms with Gasteiger partial charge in [0.15, 0.2) is 0 Å². The van der Waals surface area contributed by atoms with Gasteiger partial charge < -0.3 is 4.74 Å². The molecule has 0 amide bonds. The van der Waals surface area contributed by atoms with Gasteiger partial charge in [-0.05, 0) is 65.8 Å². The van der Waals surface area contributed by atoms with Crippen molar-refractivity contribution in [3.05, 3.63) is 108 Å². The van der Waals surface area contributed by atoms with Gasteiger partial charge in [0.2, 0.25) is 5.88 Å². The van der Waals surface area contributed by atoms with Crippen molar-refractivity contribution in [1.29, 1.82) is 0 Å². The first kappa shape index (κ1) is 17.9. The van der Waals surface area contributed by atoms with Gasteiger partial charge in [0.05, 0.1) is 0 Å². The average Bonchev–Trinajstić information content (AvgIpc) is 2.75. The number of benzene rings is 2. The highest BCUT2D eigenvalue weighted by atomic mass is 16.5. The van der Waals surface area contributed by atoms with E-state index in [1.807, 2.05) is 54.9 Å². The fraction of sp³-hybridized carbons (Fsp3) is 0.120. The van der Waals surface area contributed by atoms with E-state index >= 15 is 0 Å². The molecule has 0 bridgehead atoms. The first-order valence-corrected chi connectivity index (χ1v) is 9.46. The van der Waals surface area contributed by atoms with E-state index < -0.39 is 0 Å². The third-order valence-electron chi connectivity index (χ3n) is 4.78. The van der Waals surface area contributed by atoms with Crippen LogP contribution in [0.25, 0.3) is 11.1 Å². The van der Waals surface area contributed by atoms with E-state index in [1.54, 1.807) is 6.20 Å². The van der Waals surface area contributed by atoms with Crippen molar-refractivity contribution < 1.29 is 4.74 Å². The summed E-state index contributed by atoms with van der Waals surface area (Å²) in [6.07, 6.45) is 7.53. The minimum Gasteiger partial charge on any atom is -0.439 e. The molecule has 0 unspecified atom stereocenters. The highest BCUT2D eigenvalue weighted by Gasteiger charge is 2.05. The first-order valence-electron chi connectivity index (χ1n) is 9.46. The SMILES string of the molecule is Cc1cc(Oc2ccc(-c3ccccc3)cc2)ncc1CCc1cccnc1. The van der Waals surface area contributed by atoms with Crippen LogP contribution in [0.2, 0.25) is 0 Å². The zero-order valence-electron chi connectivity index (χ0n) is 15.9. The molecular formula is C25H22N2O. The van der Waals surface area contributed by atoms with Crippen molar-refractivity contribution in [3.63, 3.8) is 0 Å². The second-order valence-corrected chi connectivity index (χ2v) is 6.80. The molecule has 138 valence electrons. The first-order chi connectivity index (χ1) is 13.8. The zero-order chi connectivity index (χ0) is 19.2. The number of hydrogen-bond donors (Lipinski definition) is 0. The lowest BCUT2D eigenvalue weighted by molar-refractivity contribution is 0.462. The van der Waals surface area contributed by atoms with Gasteiger partial charge in [-0.1, -0.05) is 48.5 Å². The predicted octanol–water partition coefficient (Wildman–Crippen LogP) is 6.03. The summed E-state index contributed by atoms with van der Waals surface area (Å²) in [5.41, 5.74) is 6.02. The van der Waals surface area contributed by atoms with E-state index in [0.29, 0.717) is 5.88 Å². The van der Waals surface area contributed by atoms with Gasteiger partial charge in [-0.25, -0.2) is 4.98 Å². The fourth-order valence-electron chi connectivity index (χ4n) is 3.17. The molecule has 0 atom stereocenters. The van der Waals surface area contributed by atoms with Gasteiger partial charge in [0, 0.05) is 24.7 Å². The number of ether oxygens (including phenoxy) is 1. The number of rotatable bonds is 6. The van der Waals surface area contributed by atoms with Crippen LogP contribution in [-0.4, -0.2) is 9.97 Å². The topological polar surface area (TPSA) is 35.0 Å². The average molecular weight is 366 g/mol. The molecule has 3 heteroatoms. The molecule has 3 nitrogen and oxygen atoms in total. The van der Waals surface area contributed by atoms with Crippen molar-refractivity contribution in [2.75, 3.05) is 0 Å². The number of aromatic nitrogens is 2. The maximum atomic E-state index is 5.95. The molecule has 2 heterocycles. The summed E-state index contributed by atoms with van der Waals surface area (Å²) >= 11 is 0. The third kappa shape index (κ3) is 4.44. The Hall–Kier alpha value is -3.46. The molecule has 0 aliphatic heterocycles. The molecule has 4 aromatic rings. The highest BCUT2D eigenvalue weighted by Crippen LogP contribution is 2.26. The van der Waals surface area contributed by atoms with Crippen LogP contribution in [0.4, 0.5) is 0 Å². The Morgan fingerprint density at radius 3 is 2.29 bits per heavy atom.